The van der Waals surface area contributed by atoms with Crippen molar-refractivity contribution in [3.05, 3.63) is 0 Å². The van der Waals surface area contributed by atoms with Gasteiger partial charge in [0.15, 0.2) is 0 Å². The van der Waals surface area contributed by atoms with Crippen LogP contribution < -0.4 is 5.73 Å². The van der Waals surface area contributed by atoms with Crippen molar-refractivity contribution < 1.29 is 5.11 Å². The Morgan fingerprint density at radius 2 is 2.06 bits per heavy atom. The molecule has 3 N–H and O–H groups in total. The highest BCUT2D eigenvalue weighted by atomic mass is 16.3. The van der Waals surface area contributed by atoms with Gasteiger partial charge in [-0.15, -0.1) is 0 Å². The summed E-state index contributed by atoms with van der Waals surface area (Å²) >= 11 is 0. The molecule has 0 amide bonds. The number of likely N-dealkylation sites (tertiary alicyclic amines) is 1. The Morgan fingerprint density at radius 3 is 2.53 bits per heavy atom. The van der Waals surface area contributed by atoms with E-state index in [1.54, 1.807) is 0 Å². The van der Waals surface area contributed by atoms with Crippen molar-refractivity contribution in [1.82, 2.24) is 9.80 Å². The molecule has 3 unspecified atom stereocenters. The monoisotopic (exact) mass is 243 g/mol. The molecule has 102 valence electrons. The molecular weight excluding hydrogens is 214 g/mol. The summed E-state index contributed by atoms with van der Waals surface area (Å²) in [5.41, 5.74) is 5.52. The average molecular weight is 243 g/mol. The van der Waals surface area contributed by atoms with Crippen molar-refractivity contribution in [2.45, 2.75) is 38.3 Å². The lowest BCUT2D eigenvalue weighted by Crippen LogP contribution is -2.41. The van der Waals surface area contributed by atoms with E-state index in [4.69, 9.17) is 10.8 Å². The van der Waals surface area contributed by atoms with Crippen LogP contribution in [-0.4, -0.2) is 66.8 Å². The van der Waals surface area contributed by atoms with E-state index in [-0.39, 0.29) is 6.61 Å². The van der Waals surface area contributed by atoms with Gasteiger partial charge in [-0.2, -0.15) is 0 Å². The minimum atomic E-state index is -0.410. The number of rotatable bonds is 6. The lowest BCUT2D eigenvalue weighted by molar-refractivity contribution is 0.190. The Morgan fingerprint density at radius 1 is 1.41 bits per heavy atom. The molecule has 0 bridgehead atoms. The summed E-state index contributed by atoms with van der Waals surface area (Å²) in [5.74, 6) is 0.743. The molecule has 0 aromatic carbocycles. The lowest BCUT2D eigenvalue weighted by Gasteiger charge is -2.24. The fraction of sp³-hybridized carbons (Fsp3) is 1.00. The van der Waals surface area contributed by atoms with Crippen LogP contribution in [-0.2, 0) is 0 Å². The molecule has 0 saturated carbocycles. The minimum absolute atomic E-state index is 0.0731. The van der Waals surface area contributed by atoms with E-state index in [9.17, 15) is 0 Å². The van der Waals surface area contributed by atoms with Crippen LogP contribution in [0.2, 0.25) is 0 Å². The molecule has 4 heteroatoms. The van der Waals surface area contributed by atoms with Crippen molar-refractivity contribution in [3.63, 3.8) is 0 Å². The second kappa shape index (κ2) is 6.14. The van der Waals surface area contributed by atoms with E-state index in [1.165, 1.54) is 6.54 Å². The number of nitrogens with two attached hydrogens (primary N) is 1. The average Bonchev–Trinajstić information content (AvgIpc) is 2.59. The van der Waals surface area contributed by atoms with Crippen LogP contribution >= 0.6 is 0 Å². The van der Waals surface area contributed by atoms with Crippen LogP contribution in [0, 0.1) is 5.92 Å². The maximum absolute atomic E-state index is 9.10. The maximum atomic E-state index is 9.10. The largest absolute Gasteiger partial charge is 0.394 e. The molecule has 1 rings (SSSR count). The first-order chi connectivity index (χ1) is 7.85. The number of likely N-dealkylation sites (N-methyl/N-ethyl adjacent to an activating group) is 1. The fourth-order valence-electron chi connectivity index (χ4n) is 2.69. The van der Waals surface area contributed by atoms with Gasteiger partial charge in [0.2, 0.25) is 0 Å². The second-order valence-electron chi connectivity index (χ2n) is 6.18. The highest BCUT2D eigenvalue weighted by Gasteiger charge is 2.30. The van der Waals surface area contributed by atoms with Gasteiger partial charge in [-0.05, 0) is 46.3 Å². The van der Waals surface area contributed by atoms with Gasteiger partial charge < -0.3 is 20.6 Å². The summed E-state index contributed by atoms with van der Waals surface area (Å²) in [5, 5.41) is 9.10. The Kier molecular flexibility index (Phi) is 5.38. The number of aliphatic hydroxyl groups excluding tert-OH is 1. The van der Waals surface area contributed by atoms with Crippen molar-refractivity contribution in [2.24, 2.45) is 11.7 Å². The van der Waals surface area contributed by atoms with Gasteiger partial charge in [0.1, 0.15) is 0 Å². The summed E-state index contributed by atoms with van der Waals surface area (Å²) in [6, 6.07) is 0.678. The predicted octanol–water partition coefficient (Wildman–Crippen LogP) is 0.358. The summed E-state index contributed by atoms with van der Waals surface area (Å²) in [4.78, 5) is 4.84. The first-order valence-electron chi connectivity index (χ1n) is 6.64. The SMILES string of the molecule is CC1CN(CCCC(C)(N)CO)CC1N(C)C. The third-order valence-corrected chi connectivity index (χ3v) is 3.90. The normalized spacial score (nSPS) is 29.8. The molecule has 1 aliphatic rings. The second-order valence-corrected chi connectivity index (χ2v) is 6.18. The van der Waals surface area contributed by atoms with E-state index in [2.05, 4.69) is 30.8 Å². The van der Waals surface area contributed by atoms with E-state index >= 15 is 0 Å². The first kappa shape index (κ1) is 14.9. The fourth-order valence-corrected chi connectivity index (χ4v) is 2.69. The minimum Gasteiger partial charge on any atom is -0.394 e. The molecule has 3 atom stereocenters. The number of hydrogen-bond donors (Lipinski definition) is 2. The number of hydrogen-bond acceptors (Lipinski definition) is 4. The highest BCUT2D eigenvalue weighted by molar-refractivity contribution is 4.87. The molecular formula is C13H29N3O. The smallest absolute Gasteiger partial charge is 0.0608 e. The van der Waals surface area contributed by atoms with Gasteiger partial charge >= 0.3 is 0 Å². The summed E-state index contributed by atoms with van der Waals surface area (Å²) in [6.07, 6.45) is 1.96. The van der Waals surface area contributed by atoms with E-state index in [1.807, 2.05) is 6.92 Å². The molecule has 4 nitrogen and oxygen atoms in total. The number of aliphatic hydroxyl groups is 1. The third-order valence-electron chi connectivity index (χ3n) is 3.90. The Hall–Kier alpha value is -0.160. The van der Waals surface area contributed by atoms with Crippen molar-refractivity contribution in [1.29, 1.82) is 0 Å². The zero-order chi connectivity index (χ0) is 13.1. The van der Waals surface area contributed by atoms with Gasteiger partial charge in [-0.3, -0.25) is 0 Å². The first-order valence-corrected chi connectivity index (χ1v) is 6.64. The molecule has 0 aromatic rings. The lowest BCUT2D eigenvalue weighted by atomic mass is 9.98. The van der Waals surface area contributed by atoms with E-state index in [0.29, 0.717) is 6.04 Å². The quantitative estimate of drug-likeness (QED) is 0.707. The topological polar surface area (TPSA) is 52.7 Å². The van der Waals surface area contributed by atoms with Gasteiger partial charge in [-0.25, -0.2) is 0 Å². The molecule has 1 fully saturated rings. The molecule has 17 heavy (non-hydrogen) atoms. The van der Waals surface area contributed by atoms with E-state index < -0.39 is 5.54 Å². The molecule has 0 spiro atoms. The van der Waals surface area contributed by atoms with Crippen LogP contribution in [0.1, 0.15) is 26.7 Å². The van der Waals surface area contributed by atoms with Crippen LogP contribution in [0.25, 0.3) is 0 Å². The zero-order valence-corrected chi connectivity index (χ0v) is 11.8. The van der Waals surface area contributed by atoms with Gasteiger partial charge in [-0.1, -0.05) is 6.92 Å². The molecule has 0 aromatic heterocycles. The predicted molar refractivity (Wildman–Crippen MR) is 72.0 cm³/mol. The zero-order valence-electron chi connectivity index (χ0n) is 11.8. The number of nitrogens with zero attached hydrogens (tertiary/aromatic N) is 2. The molecule has 0 aliphatic carbocycles. The molecule has 0 radical (unpaired) electrons. The third kappa shape index (κ3) is 4.54. The molecule has 1 aliphatic heterocycles. The Labute approximate surface area is 106 Å². The van der Waals surface area contributed by atoms with Crippen molar-refractivity contribution in [3.8, 4) is 0 Å². The summed E-state index contributed by atoms with van der Waals surface area (Å²) in [6.45, 7) is 7.76. The van der Waals surface area contributed by atoms with E-state index in [0.717, 1.165) is 31.8 Å². The van der Waals surface area contributed by atoms with Crippen molar-refractivity contribution >= 4 is 0 Å². The van der Waals surface area contributed by atoms with Gasteiger partial charge in [0.05, 0.1) is 6.61 Å². The maximum Gasteiger partial charge on any atom is 0.0608 e. The molecule has 1 saturated heterocycles. The summed E-state index contributed by atoms with van der Waals surface area (Å²) in [7, 11) is 4.32. The van der Waals surface area contributed by atoms with Crippen LogP contribution in [0.15, 0.2) is 0 Å². The Balaban J connectivity index is 2.26. The van der Waals surface area contributed by atoms with Crippen molar-refractivity contribution in [2.75, 3.05) is 40.3 Å². The highest BCUT2D eigenvalue weighted by Crippen LogP contribution is 2.20. The standard InChI is InChI=1S/C13H29N3O/c1-11-8-16(9-12(11)15(3)4)7-5-6-13(2,14)10-17/h11-12,17H,5-10,14H2,1-4H3. The summed E-state index contributed by atoms with van der Waals surface area (Å²) < 4.78 is 0. The van der Waals surface area contributed by atoms with Gasteiger partial charge in [0, 0.05) is 24.7 Å². The van der Waals surface area contributed by atoms with Crippen LogP contribution in [0.3, 0.4) is 0 Å². The van der Waals surface area contributed by atoms with Crippen LogP contribution in [0.5, 0.6) is 0 Å². The molecule has 1 heterocycles. The Bertz CT molecular complexity index is 231. The van der Waals surface area contributed by atoms with Crippen LogP contribution in [0.4, 0.5) is 0 Å². The van der Waals surface area contributed by atoms with Gasteiger partial charge in [0.25, 0.3) is 0 Å².